The number of amides is 2. The Morgan fingerprint density at radius 1 is 1.06 bits per heavy atom. The lowest BCUT2D eigenvalue weighted by Gasteiger charge is -2.33. The van der Waals surface area contributed by atoms with Crippen LogP contribution in [0.1, 0.15) is 56.2 Å². The molecule has 2 amide bonds. The van der Waals surface area contributed by atoms with E-state index in [1.807, 2.05) is 61.2 Å². The highest BCUT2D eigenvalue weighted by Gasteiger charge is 2.30. The SMILES string of the molecule is Cc1ccc(C(C)C)cc1OC(C)C(=O)N1CCC(C(=O)NCc2ccccc2)CC1. The fraction of sp³-hybridized carbons (Fsp3) is 0.462. The zero-order valence-electron chi connectivity index (χ0n) is 19.1. The maximum atomic E-state index is 12.9. The standard InChI is InChI=1S/C26H34N2O3/c1-18(2)23-11-10-19(3)24(16-23)31-20(4)26(30)28-14-12-22(13-15-28)25(29)27-17-21-8-6-5-7-9-21/h5-11,16,18,20,22H,12-15,17H2,1-4H3,(H,27,29). The van der Waals surface area contributed by atoms with E-state index in [9.17, 15) is 9.59 Å². The number of nitrogens with one attached hydrogen (secondary N) is 1. The summed E-state index contributed by atoms with van der Waals surface area (Å²) in [6.45, 7) is 9.80. The predicted octanol–water partition coefficient (Wildman–Crippen LogP) is 4.44. The van der Waals surface area contributed by atoms with Crippen molar-refractivity contribution >= 4 is 11.8 Å². The third-order valence-corrected chi connectivity index (χ3v) is 6.02. The second kappa shape index (κ2) is 10.5. The van der Waals surface area contributed by atoms with E-state index in [1.54, 1.807) is 0 Å². The molecule has 0 radical (unpaired) electrons. The minimum atomic E-state index is -0.551. The molecule has 166 valence electrons. The van der Waals surface area contributed by atoms with Gasteiger partial charge >= 0.3 is 0 Å². The van der Waals surface area contributed by atoms with E-state index in [0.717, 1.165) is 16.9 Å². The lowest BCUT2D eigenvalue weighted by atomic mass is 9.95. The summed E-state index contributed by atoms with van der Waals surface area (Å²) in [5.74, 6) is 1.18. The van der Waals surface area contributed by atoms with Crippen molar-refractivity contribution in [2.24, 2.45) is 5.92 Å². The van der Waals surface area contributed by atoms with E-state index in [0.29, 0.717) is 38.4 Å². The zero-order chi connectivity index (χ0) is 22.4. The number of carbonyl (C=O) groups excluding carboxylic acids is 2. The Balaban J connectivity index is 1.49. The fourth-order valence-electron chi connectivity index (χ4n) is 3.89. The molecule has 0 aromatic heterocycles. The van der Waals surface area contributed by atoms with E-state index >= 15 is 0 Å². The Hall–Kier alpha value is -2.82. The number of piperidine rings is 1. The van der Waals surface area contributed by atoms with E-state index < -0.39 is 6.10 Å². The first-order valence-electron chi connectivity index (χ1n) is 11.2. The number of benzene rings is 2. The van der Waals surface area contributed by atoms with Gasteiger partial charge in [-0.2, -0.15) is 0 Å². The summed E-state index contributed by atoms with van der Waals surface area (Å²) in [7, 11) is 0. The van der Waals surface area contributed by atoms with Gasteiger partial charge in [0.2, 0.25) is 5.91 Å². The largest absolute Gasteiger partial charge is 0.481 e. The Morgan fingerprint density at radius 2 is 1.74 bits per heavy atom. The maximum Gasteiger partial charge on any atom is 0.263 e. The second-order valence-electron chi connectivity index (χ2n) is 8.74. The van der Waals surface area contributed by atoms with Crippen LogP contribution < -0.4 is 10.1 Å². The molecule has 1 fully saturated rings. The summed E-state index contributed by atoms with van der Waals surface area (Å²) in [6.07, 6.45) is 0.812. The Bertz CT molecular complexity index is 887. The first-order valence-corrected chi connectivity index (χ1v) is 11.2. The average molecular weight is 423 g/mol. The van der Waals surface area contributed by atoms with Crippen molar-refractivity contribution in [1.29, 1.82) is 0 Å². The van der Waals surface area contributed by atoms with Crippen LogP contribution in [-0.4, -0.2) is 35.9 Å². The van der Waals surface area contributed by atoms with Crippen molar-refractivity contribution < 1.29 is 14.3 Å². The molecule has 0 spiro atoms. The number of aryl methyl sites for hydroxylation is 1. The zero-order valence-corrected chi connectivity index (χ0v) is 19.1. The van der Waals surface area contributed by atoms with Gasteiger partial charge in [-0.1, -0.05) is 56.3 Å². The van der Waals surface area contributed by atoms with Gasteiger partial charge in [-0.15, -0.1) is 0 Å². The van der Waals surface area contributed by atoms with Crippen LogP contribution in [0.5, 0.6) is 5.75 Å². The summed E-state index contributed by atoms with van der Waals surface area (Å²) in [5.41, 5.74) is 3.31. The van der Waals surface area contributed by atoms with Crippen LogP contribution >= 0.6 is 0 Å². The monoisotopic (exact) mass is 422 g/mol. The lowest BCUT2D eigenvalue weighted by molar-refractivity contribution is -0.141. The smallest absolute Gasteiger partial charge is 0.263 e. The molecule has 0 aliphatic carbocycles. The van der Waals surface area contributed by atoms with Gasteiger partial charge in [-0.05, 0) is 55.4 Å². The summed E-state index contributed by atoms with van der Waals surface area (Å²) in [5, 5.41) is 3.02. The molecular formula is C26H34N2O3. The molecule has 1 saturated heterocycles. The molecule has 1 aliphatic heterocycles. The summed E-state index contributed by atoms with van der Waals surface area (Å²) in [4.78, 5) is 27.3. The third-order valence-electron chi connectivity index (χ3n) is 6.02. The molecule has 2 aromatic carbocycles. The first-order chi connectivity index (χ1) is 14.8. The van der Waals surface area contributed by atoms with Gasteiger partial charge in [-0.3, -0.25) is 9.59 Å². The number of hydrogen-bond donors (Lipinski definition) is 1. The molecular weight excluding hydrogens is 388 g/mol. The van der Waals surface area contributed by atoms with Crippen LogP contribution in [0.4, 0.5) is 0 Å². The summed E-state index contributed by atoms with van der Waals surface area (Å²) < 4.78 is 6.04. The van der Waals surface area contributed by atoms with Crippen molar-refractivity contribution in [2.75, 3.05) is 13.1 Å². The predicted molar refractivity (Wildman–Crippen MR) is 123 cm³/mol. The summed E-state index contributed by atoms with van der Waals surface area (Å²) in [6, 6.07) is 16.1. The van der Waals surface area contributed by atoms with Crippen molar-refractivity contribution in [3.8, 4) is 5.75 Å². The number of carbonyl (C=O) groups is 2. The Morgan fingerprint density at radius 3 is 2.39 bits per heavy atom. The number of likely N-dealkylation sites (tertiary alicyclic amines) is 1. The average Bonchev–Trinajstić information content (AvgIpc) is 2.79. The van der Waals surface area contributed by atoms with E-state index in [1.165, 1.54) is 5.56 Å². The molecule has 1 N–H and O–H groups in total. The van der Waals surface area contributed by atoms with Crippen molar-refractivity contribution in [3.05, 3.63) is 65.2 Å². The van der Waals surface area contributed by atoms with Gasteiger partial charge in [0, 0.05) is 25.6 Å². The van der Waals surface area contributed by atoms with Crippen molar-refractivity contribution in [1.82, 2.24) is 10.2 Å². The minimum Gasteiger partial charge on any atom is -0.481 e. The molecule has 0 bridgehead atoms. The quantitative estimate of drug-likeness (QED) is 0.718. The fourth-order valence-corrected chi connectivity index (χ4v) is 3.89. The van der Waals surface area contributed by atoms with Crippen molar-refractivity contribution in [3.63, 3.8) is 0 Å². The van der Waals surface area contributed by atoms with Crippen LogP contribution in [0.25, 0.3) is 0 Å². The number of nitrogens with zero attached hydrogens (tertiary/aromatic N) is 1. The van der Waals surface area contributed by atoms with Crippen LogP contribution in [0.3, 0.4) is 0 Å². The molecule has 5 nitrogen and oxygen atoms in total. The van der Waals surface area contributed by atoms with E-state index in [-0.39, 0.29) is 17.7 Å². The molecule has 0 saturated carbocycles. The van der Waals surface area contributed by atoms with Gasteiger partial charge in [-0.25, -0.2) is 0 Å². The molecule has 5 heteroatoms. The highest BCUT2D eigenvalue weighted by Crippen LogP contribution is 2.26. The summed E-state index contributed by atoms with van der Waals surface area (Å²) >= 11 is 0. The molecule has 3 rings (SSSR count). The topological polar surface area (TPSA) is 58.6 Å². The van der Waals surface area contributed by atoms with E-state index in [4.69, 9.17) is 4.74 Å². The highest BCUT2D eigenvalue weighted by molar-refractivity contribution is 5.82. The third kappa shape index (κ3) is 6.09. The van der Waals surface area contributed by atoms with Gasteiger partial charge in [0.1, 0.15) is 5.75 Å². The van der Waals surface area contributed by atoms with Crippen LogP contribution in [0.2, 0.25) is 0 Å². The Kier molecular flexibility index (Phi) is 7.72. The van der Waals surface area contributed by atoms with Crippen LogP contribution in [0.15, 0.2) is 48.5 Å². The van der Waals surface area contributed by atoms with E-state index in [2.05, 4.69) is 25.2 Å². The maximum absolute atomic E-state index is 12.9. The highest BCUT2D eigenvalue weighted by atomic mass is 16.5. The Labute approximate surface area is 185 Å². The second-order valence-corrected chi connectivity index (χ2v) is 8.74. The molecule has 31 heavy (non-hydrogen) atoms. The molecule has 2 aromatic rings. The van der Waals surface area contributed by atoms with Crippen molar-refractivity contribution in [2.45, 2.75) is 59.1 Å². The lowest BCUT2D eigenvalue weighted by Crippen LogP contribution is -2.47. The normalized spacial score (nSPS) is 15.6. The number of rotatable bonds is 7. The number of hydrogen-bond acceptors (Lipinski definition) is 3. The van der Waals surface area contributed by atoms with Gasteiger partial charge < -0.3 is 15.0 Å². The minimum absolute atomic E-state index is 0.0162. The van der Waals surface area contributed by atoms with Gasteiger partial charge in [0.15, 0.2) is 6.10 Å². The molecule has 1 aliphatic rings. The van der Waals surface area contributed by atoms with Gasteiger partial charge in [0.25, 0.3) is 5.91 Å². The molecule has 1 heterocycles. The van der Waals surface area contributed by atoms with Crippen LogP contribution in [-0.2, 0) is 16.1 Å². The van der Waals surface area contributed by atoms with Crippen LogP contribution in [0, 0.1) is 12.8 Å². The molecule has 1 atom stereocenters. The van der Waals surface area contributed by atoms with Gasteiger partial charge in [0.05, 0.1) is 0 Å². The number of ether oxygens (including phenoxy) is 1. The first kappa shape index (κ1) is 22.9. The molecule has 1 unspecified atom stereocenters.